The summed E-state index contributed by atoms with van der Waals surface area (Å²) >= 11 is 11.2. The van der Waals surface area contributed by atoms with Crippen molar-refractivity contribution in [1.82, 2.24) is 0 Å². The van der Waals surface area contributed by atoms with Crippen LogP contribution in [0.1, 0.15) is 11.1 Å². The van der Waals surface area contributed by atoms with Crippen LogP contribution in [0.3, 0.4) is 0 Å². The fraction of sp³-hybridized carbons (Fsp3) is 0.222. The molecule has 0 aliphatic heterocycles. The molecule has 0 aromatic heterocycles. The number of benzene rings is 1. The summed E-state index contributed by atoms with van der Waals surface area (Å²) in [7, 11) is 0. The van der Waals surface area contributed by atoms with Crippen molar-refractivity contribution < 1.29 is 13.2 Å². The third-order valence-corrected chi connectivity index (χ3v) is 2.54. The molecule has 0 saturated carbocycles. The number of nitrogens with zero attached hydrogens (tertiary/aromatic N) is 1. The maximum Gasteiger partial charge on any atom is 0.416 e. The van der Waals surface area contributed by atoms with Crippen LogP contribution in [0.2, 0.25) is 10.0 Å². The molecule has 80 valence electrons. The van der Waals surface area contributed by atoms with Gasteiger partial charge in [-0.3, -0.25) is 0 Å². The van der Waals surface area contributed by atoms with Crippen molar-refractivity contribution in [3.63, 3.8) is 0 Å². The Hall–Kier alpha value is -0.920. The summed E-state index contributed by atoms with van der Waals surface area (Å²) in [5, 5.41) is 8.19. The molecule has 0 atom stereocenters. The predicted molar refractivity (Wildman–Crippen MR) is 50.8 cm³/mol. The van der Waals surface area contributed by atoms with Gasteiger partial charge in [-0.1, -0.05) is 23.2 Å². The first kappa shape index (κ1) is 12.2. The molecule has 0 unspecified atom stereocenters. The highest BCUT2D eigenvalue weighted by atomic mass is 35.5. The second-order valence-corrected chi connectivity index (χ2v) is 3.55. The summed E-state index contributed by atoms with van der Waals surface area (Å²) in [6.07, 6.45) is -4.69. The summed E-state index contributed by atoms with van der Waals surface area (Å²) in [6, 6.07) is 3.29. The van der Waals surface area contributed by atoms with Crippen molar-refractivity contribution in [3.05, 3.63) is 33.3 Å². The third kappa shape index (κ3) is 2.77. The van der Waals surface area contributed by atoms with Crippen LogP contribution in [0.5, 0.6) is 0 Å². The van der Waals surface area contributed by atoms with Crippen LogP contribution in [-0.2, 0) is 12.6 Å². The topological polar surface area (TPSA) is 23.8 Å². The van der Waals surface area contributed by atoms with Crippen molar-refractivity contribution in [3.8, 4) is 6.07 Å². The molecule has 0 aliphatic carbocycles. The van der Waals surface area contributed by atoms with Gasteiger partial charge >= 0.3 is 6.18 Å². The van der Waals surface area contributed by atoms with E-state index in [1.165, 1.54) is 0 Å². The Kier molecular flexibility index (Phi) is 3.48. The minimum absolute atomic E-state index is 0.00813. The van der Waals surface area contributed by atoms with Crippen molar-refractivity contribution in [2.45, 2.75) is 12.6 Å². The number of rotatable bonds is 1. The summed E-state index contributed by atoms with van der Waals surface area (Å²) in [5.41, 5.74) is -0.818. The first-order valence-electron chi connectivity index (χ1n) is 3.78. The Balaban J connectivity index is 3.31. The molecule has 0 spiro atoms. The molecule has 0 heterocycles. The van der Waals surface area contributed by atoms with Crippen LogP contribution in [0, 0.1) is 11.3 Å². The molecule has 0 radical (unpaired) electrons. The van der Waals surface area contributed by atoms with Crippen LogP contribution in [0.15, 0.2) is 12.1 Å². The summed E-state index contributed by atoms with van der Waals surface area (Å²) in [5.74, 6) is 0. The van der Waals surface area contributed by atoms with Gasteiger partial charge in [-0.25, -0.2) is 0 Å². The second kappa shape index (κ2) is 4.30. The minimum Gasteiger partial charge on any atom is -0.198 e. The Bertz CT molecular complexity index is 421. The molecule has 15 heavy (non-hydrogen) atoms. The molecule has 6 heteroatoms. The Labute approximate surface area is 94.0 Å². The van der Waals surface area contributed by atoms with E-state index < -0.39 is 11.7 Å². The van der Waals surface area contributed by atoms with Gasteiger partial charge in [0, 0.05) is 0 Å². The van der Waals surface area contributed by atoms with E-state index in [4.69, 9.17) is 28.5 Å². The van der Waals surface area contributed by atoms with E-state index in [0.29, 0.717) is 0 Å². The van der Waals surface area contributed by atoms with Gasteiger partial charge in [0.15, 0.2) is 0 Å². The van der Waals surface area contributed by atoms with E-state index >= 15 is 0 Å². The van der Waals surface area contributed by atoms with Gasteiger partial charge in [-0.2, -0.15) is 18.4 Å². The van der Waals surface area contributed by atoms with E-state index in [0.717, 1.165) is 12.1 Å². The molecule has 1 nitrogen and oxygen atoms in total. The zero-order valence-corrected chi connectivity index (χ0v) is 8.71. The molecule has 0 N–H and O–H groups in total. The lowest BCUT2D eigenvalue weighted by Gasteiger charge is -2.10. The summed E-state index contributed by atoms with van der Waals surface area (Å²) < 4.78 is 37.0. The van der Waals surface area contributed by atoms with E-state index in [2.05, 4.69) is 0 Å². The van der Waals surface area contributed by atoms with Crippen LogP contribution < -0.4 is 0 Å². The smallest absolute Gasteiger partial charge is 0.198 e. The van der Waals surface area contributed by atoms with Gasteiger partial charge in [0.1, 0.15) is 0 Å². The van der Waals surface area contributed by atoms with Crippen molar-refractivity contribution in [2.75, 3.05) is 0 Å². The molecule has 0 amide bonds. The van der Waals surface area contributed by atoms with Crippen LogP contribution in [0.25, 0.3) is 0 Å². The van der Waals surface area contributed by atoms with Crippen molar-refractivity contribution in [1.29, 1.82) is 5.26 Å². The third-order valence-electron chi connectivity index (χ3n) is 1.70. The quantitative estimate of drug-likeness (QED) is 0.740. The standard InChI is InChI=1S/C9H4Cl2F3N/c10-7-4-6(9(12,13)14)3-5(1-2-15)8(7)11/h3-4H,1H2. The van der Waals surface area contributed by atoms with Gasteiger partial charge in [0.05, 0.1) is 28.1 Å². The Morgan fingerprint density at radius 2 is 1.87 bits per heavy atom. The molecule has 1 rings (SSSR count). The van der Waals surface area contributed by atoms with Crippen LogP contribution in [-0.4, -0.2) is 0 Å². The Morgan fingerprint density at radius 1 is 1.27 bits per heavy atom. The molecular formula is C9H4Cl2F3N. The summed E-state index contributed by atoms with van der Waals surface area (Å²) in [4.78, 5) is 0. The van der Waals surface area contributed by atoms with Gasteiger partial charge in [0.2, 0.25) is 0 Å². The molecule has 0 saturated heterocycles. The fourth-order valence-electron chi connectivity index (χ4n) is 1.02. The van der Waals surface area contributed by atoms with E-state index in [1.807, 2.05) is 0 Å². The van der Waals surface area contributed by atoms with Gasteiger partial charge in [0.25, 0.3) is 0 Å². The largest absolute Gasteiger partial charge is 0.416 e. The number of nitriles is 1. The fourth-order valence-corrected chi connectivity index (χ4v) is 1.44. The SMILES string of the molecule is N#CCc1cc(C(F)(F)F)cc(Cl)c1Cl. The maximum absolute atomic E-state index is 12.3. The van der Waals surface area contributed by atoms with Gasteiger partial charge in [-0.05, 0) is 17.7 Å². The zero-order chi connectivity index (χ0) is 11.6. The Morgan fingerprint density at radius 3 is 2.33 bits per heavy atom. The second-order valence-electron chi connectivity index (χ2n) is 2.76. The number of hydrogen-bond donors (Lipinski definition) is 0. The first-order chi connectivity index (χ1) is 6.86. The monoisotopic (exact) mass is 253 g/mol. The zero-order valence-electron chi connectivity index (χ0n) is 7.20. The lowest BCUT2D eigenvalue weighted by molar-refractivity contribution is -0.137. The van der Waals surface area contributed by atoms with Crippen LogP contribution in [0.4, 0.5) is 13.2 Å². The van der Waals surface area contributed by atoms with Gasteiger partial charge < -0.3 is 0 Å². The van der Waals surface area contributed by atoms with E-state index in [9.17, 15) is 13.2 Å². The summed E-state index contributed by atoms with van der Waals surface area (Å²) in [6.45, 7) is 0. The molecule has 1 aromatic rings. The van der Waals surface area contributed by atoms with Crippen molar-refractivity contribution in [2.24, 2.45) is 0 Å². The lowest BCUT2D eigenvalue weighted by atomic mass is 10.1. The molecular weight excluding hydrogens is 250 g/mol. The highest BCUT2D eigenvalue weighted by molar-refractivity contribution is 6.42. The van der Waals surface area contributed by atoms with Crippen molar-refractivity contribution >= 4 is 23.2 Å². The maximum atomic E-state index is 12.3. The normalized spacial score (nSPS) is 11.2. The lowest BCUT2D eigenvalue weighted by Crippen LogP contribution is -2.06. The van der Waals surface area contributed by atoms with E-state index in [1.54, 1.807) is 6.07 Å². The number of alkyl halides is 3. The molecule has 0 bridgehead atoms. The molecule has 0 fully saturated rings. The average molecular weight is 254 g/mol. The number of halogens is 5. The van der Waals surface area contributed by atoms with E-state index in [-0.39, 0.29) is 22.0 Å². The van der Waals surface area contributed by atoms with Crippen LogP contribution >= 0.6 is 23.2 Å². The first-order valence-corrected chi connectivity index (χ1v) is 4.54. The average Bonchev–Trinajstić information content (AvgIpc) is 2.11. The highest BCUT2D eigenvalue weighted by Gasteiger charge is 2.31. The predicted octanol–water partition coefficient (Wildman–Crippen LogP) is 4.08. The minimum atomic E-state index is -4.49. The van der Waals surface area contributed by atoms with Gasteiger partial charge in [-0.15, -0.1) is 0 Å². The number of hydrogen-bond acceptors (Lipinski definition) is 1. The highest BCUT2D eigenvalue weighted by Crippen LogP contribution is 2.36. The molecule has 0 aliphatic rings. The molecule has 1 aromatic carbocycles.